The molecular formula is C15H23IN2. The predicted molar refractivity (Wildman–Crippen MR) is 85.7 cm³/mol. The zero-order valence-corrected chi connectivity index (χ0v) is 13.5. The van der Waals surface area contributed by atoms with E-state index in [9.17, 15) is 0 Å². The van der Waals surface area contributed by atoms with Gasteiger partial charge in [0.25, 0.3) is 0 Å². The maximum absolute atomic E-state index is 3.65. The molecule has 100 valence electrons. The van der Waals surface area contributed by atoms with Gasteiger partial charge in [0.1, 0.15) is 0 Å². The van der Waals surface area contributed by atoms with Crippen molar-refractivity contribution in [3.8, 4) is 0 Å². The van der Waals surface area contributed by atoms with Crippen molar-refractivity contribution in [3.63, 3.8) is 0 Å². The van der Waals surface area contributed by atoms with E-state index in [1.165, 1.54) is 28.6 Å². The van der Waals surface area contributed by atoms with E-state index in [1.54, 1.807) is 0 Å². The zero-order valence-electron chi connectivity index (χ0n) is 11.3. The molecular weight excluding hydrogens is 335 g/mol. The molecule has 2 rings (SSSR count). The summed E-state index contributed by atoms with van der Waals surface area (Å²) in [5.74, 6) is 0.768. The van der Waals surface area contributed by atoms with E-state index < -0.39 is 0 Å². The lowest BCUT2D eigenvalue weighted by atomic mass is 9.97. The summed E-state index contributed by atoms with van der Waals surface area (Å²) in [6.45, 7) is 9.20. The van der Waals surface area contributed by atoms with E-state index in [0.717, 1.165) is 19.0 Å². The van der Waals surface area contributed by atoms with Gasteiger partial charge >= 0.3 is 0 Å². The second kappa shape index (κ2) is 6.87. The van der Waals surface area contributed by atoms with Crippen LogP contribution in [0.4, 0.5) is 0 Å². The minimum absolute atomic E-state index is 0.660. The van der Waals surface area contributed by atoms with Crippen molar-refractivity contribution >= 4 is 22.6 Å². The van der Waals surface area contributed by atoms with Crippen molar-refractivity contribution < 1.29 is 0 Å². The Morgan fingerprint density at radius 2 is 2.11 bits per heavy atom. The molecule has 1 saturated heterocycles. The second-order valence-corrected chi connectivity index (χ2v) is 6.55. The Morgan fingerprint density at radius 3 is 2.78 bits per heavy atom. The van der Waals surface area contributed by atoms with Gasteiger partial charge in [0.05, 0.1) is 0 Å². The molecule has 1 heterocycles. The fourth-order valence-corrected chi connectivity index (χ4v) is 2.86. The molecule has 2 atom stereocenters. The van der Waals surface area contributed by atoms with E-state index in [4.69, 9.17) is 0 Å². The second-order valence-electron chi connectivity index (χ2n) is 5.31. The van der Waals surface area contributed by atoms with E-state index in [0.29, 0.717) is 6.04 Å². The van der Waals surface area contributed by atoms with Gasteiger partial charge in [0, 0.05) is 35.8 Å². The highest BCUT2D eigenvalue weighted by atomic mass is 127. The minimum atomic E-state index is 0.660. The first-order chi connectivity index (χ1) is 8.69. The molecule has 0 aliphatic carbocycles. The average molecular weight is 358 g/mol. The third-order valence-electron chi connectivity index (χ3n) is 3.94. The minimum Gasteiger partial charge on any atom is -0.311 e. The van der Waals surface area contributed by atoms with Crippen molar-refractivity contribution in [3.05, 3.63) is 33.4 Å². The number of hydrogen-bond donors (Lipinski definition) is 1. The fourth-order valence-electron chi connectivity index (χ4n) is 2.50. The molecule has 0 saturated carbocycles. The average Bonchev–Trinajstić information content (AvgIpc) is 2.41. The normalized spacial score (nSPS) is 22.9. The van der Waals surface area contributed by atoms with Gasteiger partial charge in [-0.15, -0.1) is 0 Å². The molecule has 1 aliphatic rings. The molecule has 2 unspecified atom stereocenters. The lowest BCUT2D eigenvalue weighted by Crippen LogP contribution is -2.52. The number of piperazine rings is 1. The number of halogens is 1. The van der Waals surface area contributed by atoms with Crippen LogP contribution in [0.5, 0.6) is 0 Å². The Morgan fingerprint density at radius 1 is 1.39 bits per heavy atom. The number of nitrogens with one attached hydrogen (secondary N) is 1. The summed E-state index contributed by atoms with van der Waals surface area (Å²) in [7, 11) is 0. The standard InChI is InChI=1S/C15H23IN2/c1-3-12(2)15-11-18(9-8-17-15)10-13-4-6-14(16)7-5-13/h4-7,12,15,17H,3,8-11H2,1-2H3. The van der Waals surface area contributed by atoms with Gasteiger partial charge in [-0.05, 0) is 46.2 Å². The van der Waals surface area contributed by atoms with Crippen LogP contribution in [0.1, 0.15) is 25.8 Å². The van der Waals surface area contributed by atoms with Crippen LogP contribution in [0.15, 0.2) is 24.3 Å². The van der Waals surface area contributed by atoms with Crippen LogP contribution in [0, 0.1) is 9.49 Å². The van der Waals surface area contributed by atoms with Crippen LogP contribution < -0.4 is 5.32 Å². The van der Waals surface area contributed by atoms with Crippen molar-refractivity contribution in [1.29, 1.82) is 0 Å². The molecule has 1 aliphatic heterocycles. The summed E-state index contributed by atoms with van der Waals surface area (Å²) in [4.78, 5) is 2.58. The number of nitrogens with zero attached hydrogens (tertiary/aromatic N) is 1. The number of benzene rings is 1. The quantitative estimate of drug-likeness (QED) is 0.833. The summed E-state index contributed by atoms with van der Waals surface area (Å²) < 4.78 is 1.31. The van der Waals surface area contributed by atoms with Crippen molar-refractivity contribution in [2.75, 3.05) is 19.6 Å². The lowest BCUT2D eigenvalue weighted by molar-refractivity contribution is 0.162. The lowest BCUT2D eigenvalue weighted by Gasteiger charge is -2.36. The van der Waals surface area contributed by atoms with Crippen molar-refractivity contribution in [1.82, 2.24) is 10.2 Å². The maximum atomic E-state index is 3.65. The van der Waals surface area contributed by atoms with E-state index in [2.05, 4.69) is 70.9 Å². The van der Waals surface area contributed by atoms with Gasteiger partial charge in [-0.3, -0.25) is 4.90 Å². The first-order valence-electron chi connectivity index (χ1n) is 6.89. The Labute approximate surface area is 124 Å². The highest BCUT2D eigenvalue weighted by molar-refractivity contribution is 14.1. The van der Waals surface area contributed by atoms with Gasteiger partial charge < -0.3 is 5.32 Å². The van der Waals surface area contributed by atoms with Crippen molar-refractivity contribution in [2.45, 2.75) is 32.9 Å². The molecule has 0 bridgehead atoms. The van der Waals surface area contributed by atoms with E-state index in [1.807, 2.05) is 0 Å². The monoisotopic (exact) mass is 358 g/mol. The molecule has 0 spiro atoms. The van der Waals surface area contributed by atoms with Crippen LogP contribution in [0.2, 0.25) is 0 Å². The Hall–Kier alpha value is -0.130. The van der Waals surface area contributed by atoms with Gasteiger partial charge in [-0.25, -0.2) is 0 Å². The number of hydrogen-bond acceptors (Lipinski definition) is 2. The molecule has 0 aromatic heterocycles. The first kappa shape index (κ1) is 14.3. The Kier molecular flexibility index (Phi) is 5.45. The molecule has 1 aromatic carbocycles. The summed E-state index contributed by atoms with van der Waals surface area (Å²) >= 11 is 2.36. The molecule has 3 heteroatoms. The summed E-state index contributed by atoms with van der Waals surface area (Å²) in [6, 6.07) is 9.56. The van der Waals surface area contributed by atoms with Gasteiger partial charge in [-0.1, -0.05) is 32.4 Å². The molecule has 0 amide bonds. The highest BCUT2D eigenvalue weighted by Gasteiger charge is 2.22. The summed E-state index contributed by atoms with van der Waals surface area (Å²) in [5.41, 5.74) is 1.43. The third-order valence-corrected chi connectivity index (χ3v) is 4.66. The maximum Gasteiger partial charge on any atom is 0.0234 e. The highest BCUT2D eigenvalue weighted by Crippen LogP contribution is 2.15. The number of rotatable bonds is 4. The molecule has 0 radical (unpaired) electrons. The Balaban J connectivity index is 1.91. The van der Waals surface area contributed by atoms with Gasteiger partial charge in [0.2, 0.25) is 0 Å². The van der Waals surface area contributed by atoms with Crippen LogP contribution in [-0.4, -0.2) is 30.6 Å². The summed E-state index contributed by atoms with van der Waals surface area (Å²) in [6.07, 6.45) is 1.26. The van der Waals surface area contributed by atoms with Crippen molar-refractivity contribution in [2.24, 2.45) is 5.92 Å². The smallest absolute Gasteiger partial charge is 0.0234 e. The molecule has 1 N–H and O–H groups in total. The Bertz CT molecular complexity index is 363. The molecule has 1 aromatic rings. The molecule has 2 nitrogen and oxygen atoms in total. The third kappa shape index (κ3) is 3.93. The van der Waals surface area contributed by atoms with Crippen LogP contribution in [-0.2, 0) is 6.54 Å². The van der Waals surface area contributed by atoms with Crippen LogP contribution >= 0.6 is 22.6 Å². The largest absolute Gasteiger partial charge is 0.311 e. The topological polar surface area (TPSA) is 15.3 Å². The first-order valence-corrected chi connectivity index (χ1v) is 7.97. The van der Waals surface area contributed by atoms with Crippen LogP contribution in [0.3, 0.4) is 0 Å². The predicted octanol–water partition coefficient (Wildman–Crippen LogP) is 3.11. The van der Waals surface area contributed by atoms with E-state index in [-0.39, 0.29) is 0 Å². The van der Waals surface area contributed by atoms with Gasteiger partial charge in [-0.2, -0.15) is 0 Å². The molecule has 18 heavy (non-hydrogen) atoms. The fraction of sp³-hybridized carbons (Fsp3) is 0.600. The van der Waals surface area contributed by atoms with Crippen LogP contribution in [0.25, 0.3) is 0 Å². The van der Waals surface area contributed by atoms with E-state index >= 15 is 0 Å². The molecule has 1 fully saturated rings. The summed E-state index contributed by atoms with van der Waals surface area (Å²) in [5, 5.41) is 3.65. The zero-order chi connectivity index (χ0) is 13.0. The van der Waals surface area contributed by atoms with Gasteiger partial charge in [0.15, 0.2) is 0 Å². The SMILES string of the molecule is CCC(C)C1CN(Cc2ccc(I)cc2)CCN1.